The van der Waals surface area contributed by atoms with Gasteiger partial charge in [0, 0.05) is 19.0 Å². The van der Waals surface area contributed by atoms with Crippen LogP contribution in [-0.2, 0) is 15.7 Å². The van der Waals surface area contributed by atoms with Crippen LogP contribution in [0.3, 0.4) is 0 Å². The zero-order valence-corrected chi connectivity index (χ0v) is 11.4. The van der Waals surface area contributed by atoms with E-state index in [1.165, 1.54) is 6.07 Å². The van der Waals surface area contributed by atoms with E-state index in [0.717, 1.165) is 0 Å². The Balaban J connectivity index is 2.52. The third-order valence-corrected chi connectivity index (χ3v) is 2.31. The van der Waals surface area contributed by atoms with Gasteiger partial charge in [0.15, 0.2) is 0 Å². The van der Waals surface area contributed by atoms with Crippen LogP contribution in [0.15, 0.2) is 6.07 Å². The van der Waals surface area contributed by atoms with Gasteiger partial charge in [-0.05, 0) is 13.3 Å². The predicted molar refractivity (Wildman–Crippen MR) is 66.4 cm³/mol. The molecule has 1 N–H and O–H groups in total. The molecule has 0 spiro atoms. The summed E-state index contributed by atoms with van der Waals surface area (Å²) >= 11 is 5.50. The molecule has 112 valence electrons. The zero-order valence-electron chi connectivity index (χ0n) is 10.6. The Hall–Kier alpha value is -1.57. The normalized spacial score (nSPS) is 11.2. The molecule has 9 heteroatoms. The van der Waals surface area contributed by atoms with Crippen LogP contribution in [0.4, 0.5) is 19.0 Å². The SMILES string of the molecule is CCOC(=O)CCCNc1cc(Cl)nc(C(F)(F)F)n1. The lowest BCUT2D eigenvalue weighted by Gasteiger charge is -2.09. The molecule has 1 aromatic heterocycles. The van der Waals surface area contributed by atoms with Crippen molar-refractivity contribution in [2.24, 2.45) is 0 Å². The molecule has 0 bridgehead atoms. The zero-order chi connectivity index (χ0) is 15.2. The van der Waals surface area contributed by atoms with E-state index in [-0.39, 0.29) is 29.9 Å². The first kappa shape index (κ1) is 16.5. The molecule has 0 atom stereocenters. The Morgan fingerprint density at radius 3 is 2.75 bits per heavy atom. The molecule has 5 nitrogen and oxygen atoms in total. The van der Waals surface area contributed by atoms with Gasteiger partial charge in [-0.1, -0.05) is 11.6 Å². The quantitative estimate of drug-likeness (QED) is 0.497. The maximum atomic E-state index is 12.5. The first-order valence-electron chi connectivity index (χ1n) is 5.84. The van der Waals surface area contributed by atoms with Crippen LogP contribution in [0, 0.1) is 0 Å². The van der Waals surface area contributed by atoms with E-state index >= 15 is 0 Å². The van der Waals surface area contributed by atoms with E-state index < -0.39 is 12.0 Å². The number of aromatic nitrogens is 2. The van der Waals surface area contributed by atoms with E-state index in [9.17, 15) is 18.0 Å². The fourth-order valence-corrected chi connectivity index (χ4v) is 1.50. The first-order chi connectivity index (χ1) is 9.32. The van der Waals surface area contributed by atoms with Gasteiger partial charge < -0.3 is 10.1 Å². The standard InChI is InChI=1S/C11H13ClF3N3O2/c1-2-20-9(19)4-3-5-16-8-6-7(12)17-10(18-8)11(13,14)15/h6H,2-5H2,1H3,(H,16,17,18). The Morgan fingerprint density at radius 2 is 2.15 bits per heavy atom. The van der Waals surface area contributed by atoms with Crippen molar-refractivity contribution in [3.05, 3.63) is 17.0 Å². The molecule has 1 rings (SSSR count). The lowest BCUT2D eigenvalue weighted by Crippen LogP contribution is -2.14. The third kappa shape index (κ3) is 5.60. The van der Waals surface area contributed by atoms with Gasteiger partial charge in [-0.3, -0.25) is 4.79 Å². The molecule has 0 unspecified atom stereocenters. The van der Waals surface area contributed by atoms with Gasteiger partial charge in [-0.2, -0.15) is 13.2 Å². The van der Waals surface area contributed by atoms with E-state index in [1.807, 2.05) is 0 Å². The predicted octanol–water partition coefficient (Wildman–Crippen LogP) is 2.90. The molecule has 1 aromatic rings. The summed E-state index contributed by atoms with van der Waals surface area (Å²) in [7, 11) is 0. The molecule has 0 amide bonds. The fraction of sp³-hybridized carbons (Fsp3) is 0.545. The number of rotatable bonds is 6. The topological polar surface area (TPSA) is 64.1 Å². The average molecular weight is 312 g/mol. The highest BCUT2D eigenvalue weighted by Crippen LogP contribution is 2.28. The molecule has 0 fully saturated rings. The largest absolute Gasteiger partial charge is 0.466 e. The summed E-state index contributed by atoms with van der Waals surface area (Å²) in [5.41, 5.74) is 0. The minimum absolute atomic E-state index is 0.0406. The summed E-state index contributed by atoms with van der Waals surface area (Å²) in [5, 5.41) is 2.35. The Bertz CT molecular complexity index is 469. The number of hydrogen-bond acceptors (Lipinski definition) is 5. The van der Waals surface area contributed by atoms with Crippen molar-refractivity contribution < 1.29 is 22.7 Å². The number of halogens is 4. The number of nitrogens with zero attached hydrogens (tertiary/aromatic N) is 2. The summed E-state index contributed by atoms with van der Waals surface area (Å²) in [4.78, 5) is 17.5. The monoisotopic (exact) mass is 311 g/mol. The number of carbonyl (C=O) groups is 1. The van der Waals surface area contributed by atoms with Gasteiger partial charge in [0.2, 0.25) is 5.82 Å². The van der Waals surface area contributed by atoms with Crippen LogP contribution in [0.5, 0.6) is 0 Å². The van der Waals surface area contributed by atoms with Gasteiger partial charge in [0.05, 0.1) is 6.61 Å². The number of hydrogen-bond donors (Lipinski definition) is 1. The van der Waals surface area contributed by atoms with Crippen molar-refractivity contribution in [1.82, 2.24) is 9.97 Å². The maximum absolute atomic E-state index is 12.5. The minimum atomic E-state index is -4.66. The summed E-state index contributed by atoms with van der Waals surface area (Å²) in [6.07, 6.45) is -4.08. The van der Waals surface area contributed by atoms with Crippen molar-refractivity contribution in [2.45, 2.75) is 25.9 Å². The van der Waals surface area contributed by atoms with Crippen LogP contribution in [-0.4, -0.2) is 29.1 Å². The fourth-order valence-electron chi connectivity index (χ4n) is 1.32. The summed E-state index contributed by atoms with van der Waals surface area (Å²) in [5.74, 6) is -1.70. The number of esters is 1. The average Bonchev–Trinajstić information content (AvgIpc) is 2.33. The summed E-state index contributed by atoms with van der Waals surface area (Å²) in [6.45, 7) is 2.25. The number of ether oxygens (including phenoxy) is 1. The Kier molecular flexibility index (Phi) is 6.00. The van der Waals surface area contributed by atoms with Crippen LogP contribution in [0.2, 0.25) is 5.15 Å². The van der Waals surface area contributed by atoms with Crippen molar-refractivity contribution >= 4 is 23.4 Å². The van der Waals surface area contributed by atoms with Crippen molar-refractivity contribution in [3.8, 4) is 0 Å². The highest BCUT2D eigenvalue weighted by atomic mass is 35.5. The van der Waals surface area contributed by atoms with Gasteiger partial charge in [-0.15, -0.1) is 0 Å². The van der Waals surface area contributed by atoms with Crippen molar-refractivity contribution in [2.75, 3.05) is 18.5 Å². The second kappa shape index (κ2) is 7.28. The molecule has 0 radical (unpaired) electrons. The first-order valence-corrected chi connectivity index (χ1v) is 6.22. The second-order valence-corrected chi connectivity index (χ2v) is 4.12. The van der Waals surface area contributed by atoms with Crippen LogP contribution < -0.4 is 5.32 Å². The molecular weight excluding hydrogens is 299 g/mol. The Morgan fingerprint density at radius 1 is 1.45 bits per heavy atom. The van der Waals surface area contributed by atoms with Gasteiger partial charge in [0.1, 0.15) is 11.0 Å². The van der Waals surface area contributed by atoms with Crippen molar-refractivity contribution in [1.29, 1.82) is 0 Å². The van der Waals surface area contributed by atoms with Crippen molar-refractivity contribution in [3.63, 3.8) is 0 Å². The van der Waals surface area contributed by atoms with E-state index in [4.69, 9.17) is 16.3 Å². The highest BCUT2D eigenvalue weighted by molar-refractivity contribution is 6.29. The maximum Gasteiger partial charge on any atom is 0.451 e. The number of anilines is 1. The molecule has 0 aliphatic carbocycles. The lowest BCUT2D eigenvalue weighted by molar-refractivity contribution is -0.145. The summed E-state index contributed by atoms with van der Waals surface area (Å²) in [6, 6.07) is 1.18. The molecule has 0 aliphatic rings. The minimum Gasteiger partial charge on any atom is -0.466 e. The van der Waals surface area contributed by atoms with Gasteiger partial charge >= 0.3 is 12.1 Å². The highest BCUT2D eigenvalue weighted by Gasteiger charge is 2.35. The second-order valence-electron chi connectivity index (χ2n) is 3.73. The molecule has 0 saturated carbocycles. The van der Waals surface area contributed by atoms with Crippen LogP contribution in [0.1, 0.15) is 25.6 Å². The molecule has 0 saturated heterocycles. The summed E-state index contributed by atoms with van der Waals surface area (Å²) < 4.78 is 42.1. The van der Waals surface area contributed by atoms with Gasteiger partial charge in [0.25, 0.3) is 0 Å². The lowest BCUT2D eigenvalue weighted by atomic mass is 10.3. The molecule has 0 aromatic carbocycles. The van der Waals surface area contributed by atoms with Gasteiger partial charge in [-0.25, -0.2) is 9.97 Å². The molecule has 0 aliphatic heterocycles. The number of carbonyl (C=O) groups excluding carboxylic acids is 1. The van der Waals surface area contributed by atoms with E-state index in [1.54, 1.807) is 6.92 Å². The third-order valence-electron chi connectivity index (χ3n) is 2.12. The van der Waals surface area contributed by atoms with Crippen LogP contribution >= 0.6 is 11.6 Å². The smallest absolute Gasteiger partial charge is 0.451 e. The molecule has 1 heterocycles. The van der Waals surface area contributed by atoms with E-state index in [0.29, 0.717) is 13.0 Å². The molecular formula is C11H13ClF3N3O2. The Labute approximate surface area is 118 Å². The molecule has 20 heavy (non-hydrogen) atoms. The number of alkyl halides is 3. The van der Waals surface area contributed by atoms with E-state index in [2.05, 4.69) is 15.3 Å². The number of nitrogens with one attached hydrogen (secondary N) is 1. The van der Waals surface area contributed by atoms with Crippen LogP contribution in [0.25, 0.3) is 0 Å².